The summed E-state index contributed by atoms with van der Waals surface area (Å²) in [6.45, 7) is 4.82. The Morgan fingerprint density at radius 3 is 2.85 bits per heavy atom. The van der Waals surface area contributed by atoms with Gasteiger partial charge in [0.05, 0.1) is 5.92 Å². The predicted octanol–water partition coefficient (Wildman–Crippen LogP) is 2.38. The second-order valence-electron chi connectivity index (χ2n) is 8.06. The summed E-state index contributed by atoms with van der Waals surface area (Å²) in [5, 5.41) is 2.90. The van der Waals surface area contributed by atoms with Crippen molar-refractivity contribution in [1.29, 1.82) is 0 Å². The van der Waals surface area contributed by atoms with Crippen molar-refractivity contribution in [3.63, 3.8) is 0 Å². The molecule has 6 heteroatoms. The molecule has 1 aromatic heterocycles. The Bertz CT molecular complexity index is 682. The van der Waals surface area contributed by atoms with Gasteiger partial charge in [-0.2, -0.15) is 0 Å². The summed E-state index contributed by atoms with van der Waals surface area (Å²) < 4.78 is 5.45. The molecular formula is C20H27N3O3. The number of hydrogen-bond donors (Lipinski definition) is 1. The Kier molecular flexibility index (Phi) is 4.69. The number of ether oxygens (including phenoxy) is 1. The number of rotatable bonds is 3. The van der Waals surface area contributed by atoms with Crippen molar-refractivity contribution in [1.82, 2.24) is 9.88 Å². The van der Waals surface area contributed by atoms with Crippen molar-refractivity contribution < 1.29 is 14.3 Å². The van der Waals surface area contributed by atoms with Gasteiger partial charge in [0.1, 0.15) is 5.82 Å². The van der Waals surface area contributed by atoms with E-state index < -0.39 is 0 Å². The molecule has 3 aliphatic rings. The third kappa shape index (κ3) is 3.47. The van der Waals surface area contributed by atoms with Crippen molar-refractivity contribution in [2.45, 2.75) is 39.0 Å². The number of aromatic nitrogens is 1. The molecule has 1 aromatic rings. The lowest BCUT2D eigenvalue weighted by Gasteiger charge is -2.33. The van der Waals surface area contributed by atoms with Gasteiger partial charge in [-0.3, -0.25) is 9.59 Å². The molecule has 3 heterocycles. The topological polar surface area (TPSA) is 71.5 Å². The summed E-state index contributed by atoms with van der Waals surface area (Å²) in [7, 11) is 0. The Morgan fingerprint density at radius 2 is 2.12 bits per heavy atom. The number of carbonyl (C=O) groups is 2. The molecule has 0 unspecified atom stereocenters. The molecular weight excluding hydrogens is 330 g/mol. The number of piperidine rings is 1. The molecule has 1 aliphatic carbocycles. The highest BCUT2D eigenvalue weighted by Gasteiger charge is 2.59. The molecule has 0 bridgehead atoms. The fourth-order valence-corrected chi connectivity index (χ4v) is 4.41. The zero-order valence-electron chi connectivity index (χ0n) is 15.4. The molecule has 26 heavy (non-hydrogen) atoms. The van der Waals surface area contributed by atoms with Crippen LogP contribution in [0.3, 0.4) is 0 Å². The number of anilines is 1. The van der Waals surface area contributed by atoms with Crippen LogP contribution in [0.5, 0.6) is 0 Å². The highest BCUT2D eigenvalue weighted by molar-refractivity contribution is 5.92. The van der Waals surface area contributed by atoms with E-state index >= 15 is 0 Å². The van der Waals surface area contributed by atoms with E-state index in [1.165, 1.54) is 0 Å². The summed E-state index contributed by atoms with van der Waals surface area (Å²) in [5.41, 5.74) is 1.25. The van der Waals surface area contributed by atoms with Crippen LogP contribution in [0.15, 0.2) is 18.3 Å². The average molecular weight is 357 g/mol. The highest BCUT2D eigenvalue weighted by atomic mass is 16.5. The van der Waals surface area contributed by atoms with Crippen molar-refractivity contribution in [2.24, 2.45) is 17.3 Å². The normalized spacial score (nSPS) is 27.2. The maximum atomic E-state index is 12.9. The first-order valence-electron chi connectivity index (χ1n) is 9.67. The number of nitrogens with one attached hydrogen (secondary N) is 1. The van der Waals surface area contributed by atoms with E-state index in [4.69, 9.17) is 4.74 Å². The van der Waals surface area contributed by atoms with E-state index in [0.717, 1.165) is 57.4 Å². The zero-order chi connectivity index (χ0) is 18.1. The second-order valence-corrected chi connectivity index (χ2v) is 8.06. The first kappa shape index (κ1) is 17.5. The number of aryl methyl sites for hydroxylation is 1. The van der Waals surface area contributed by atoms with Gasteiger partial charge in [0, 0.05) is 38.4 Å². The molecule has 2 saturated heterocycles. The molecule has 0 aromatic carbocycles. The van der Waals surface area contributed by atoms with Crippen LogP contribution in [0.1, 0.15) is 37.7 Å². The van der Waals surface area contributed by atoms with Crippen molar-refractivity contribution >= 4 is 17.6 Å². The molecule has 1 spiro atoms. The van der Waals surface area contributed by atoms with Crippen LogP contribution in [-0.2, 0) is 14.3 Å². The zero-order valence-corrected chi connectivity index (χ0v) is 15.4. The van der Waals surface area contributed by atoms with Crippen LogP contribution >= 0.6 is 0 Å². The van der Waals surface area contributed by atoms with Gasteiger partial charge >= 0.3 is 0 Å². The molecule has 2 amide bonds. The van der Waals surface area contributed by atoms with E-state index in [1.807, 2.05) is 24.0 Å². The summed E-state index contributed by atoms with van der Waals surface area (Å²) >= 11 is 0. The molecule has 1 saturated carbocycles. The molecule has 3 fully saturated rings. The summed E-state index contributed by atoms with van der Waals surface area (Å²) in [6, 6.07) is 3.75. The van der Waals surface area contributed by atoms with Crippen molar-refractivity contribution in [3.05, 3.63) is 23.9 Å². The van der Waals surface area contributed by atoms with Gasteiger partial charge in [-0.25, -0.2) is 4.98 Å². The average Bonchev–Trinajstić information content (AvgIpc) is 3.36. The number of likely N-dealkylation sites (tertiary alicyclic amines) is 1. The van der Waals surface area contributed by atoms with Crippen molar-refractivity contribution in [2.75, 3.05) is 31.6 Å². The smallest absolute Gasteiger partial charge is 0.230 e. The van der Waals surface area contributed by atoms with Gasteiger partial charge in [0.15, 0.2) is 0 Å². The quantitative estimate of drug-likeness (QED) is 0.902. The van der Waals surface area contributed by atoms with Crippen LogP contribution < -0.4 is 5.32 Å². The number of hydrogen-bond acceptors (Lipinski definition) is 4. The van der Waals surface area contributed by atoms with Crippen LogP contribution in [0.4, 0.5) is 5.82 Å². The molecule has 4 rings (SSSR count). The van der Waals surface area contributed by atoms with E-state index in [1.54, 1.807) is 6.20 Å². The minimum Gasteiger partial charge on any atom is -0.381 e. The van der Waals surface area contributed by atoms with Crippen LogP contribution in [0.25, 0.3) is 0 Å². The molecule has 2 aliphatic heterocycles. The number of amides is 2. The summed E-state index contributed by atoms with van der Waals surface area (Å²) in [6.07, 6.45) is 6.45. The first-order valence-corrected chi connectivity index (χ1v) is 9.67. The lowest BCUT2D eigenvalue weighted by atomic mass is 9.92. The van der Waals surface area contributed by atoms with Gasteiger partial charge in [-0.05, 0) is 56.1 Å². The standard InChI is InChI=1S/C20H27N3O3/c1-14-4-5-17(21-12-14)22-18(24)15-3-2-8-23(13-15)19(25)16-11-20(16)6-9-26-10-7-20/h4-5,12,15-16H,2-3,6-11,13H2,1H3,(H,21,22,24)/t15-,16-/m1/s1. The maximum absolute atomic E-state index is 12.9. The first-order chi connectivity index (χ1) is 12.6. The molecule has 140 valence electrons. The lowest BCUT2D eigenvalue weighted by Crippen LogP contribution is -2.45. The Labute approximate surface area is 154 Å². The van der Waals surface area contributed by atoms with Gasteiger partial charge in [-0.1, -0.05) is 6.07 Å². The third-order valence-electron chi connectivity index (χ3n) is 6.24. The molecule has 0 radical (unpaired) electrons. The van der Waals surface area contributed by atoms with Crippen LogP contribution in [0, 0.1) is 24.2 Å². The second kappa shape index (κ2) is 6.99. The predicted molar refractivity (Wildman–Crippen MR) is 97.5 cm³/mol. The maximum Gasteiger partial charge on any atom is 0.230 e. The van der Waals surface area contributed by atoms with E-state index in [-0.39, 0.29) is 29.1 Å². The number of nitrogens with zero attached hydrogens (tertiary/aromatic N) is 2. The fraction of sp³-hybridized carbons (Fsp3) is 0.650. The van der Waals surface area contributed by atoms with E-state index in [2.05, 4.69) is 10.3 Å². The highest BCUT2D eigenvalue weighted by Crippen LogP contribution is 2.59. The monoisotopic (exact) mass is 357 g/mol. The Hall–Kier alpha value is -1.95. The number of pyridine rings is 1. The largest absolute Gasteiger partial charge is 0.381 e. The summed E-state index contributed by atoms with van der Waals surface area (Å²) in [5.74, 6) is 0.785. The van der Waals surface area contributed by atoms with Crippen LogP contribution in [0.2, 0.25) is 0 Å². The van der Waals surface area contributed by atoms with Gasteiger partial charge in [0.2, 0.25) is 11.8 Å². The Morgan fingerprint density at radius 1 is 1.31 bits per heavy atom. The molecule has 1 N–H and O–H groups in total. The van der Waals surface area contributed by atoms with Gasteiger partial charge < -0.3 is 15.0 Å². The molecule has 2 atom stereocenters. The lowest BCUT2D eigenvalue weighted by molar-refractivity contribution is -0.137. The third-order valence-corrected chi connectivity index (χ3v) is 6.24. The fourth-order valence-electron chi connectivity index (χ4n) is 4.41. The van der Waals surface area contributed by atoms with Crippen LogP contribution in [-0.4, -0.2) is 48.0 Å². The van der Waals surface area contributed by atoms with E-state index in [9.17, 15) is 9.59 Å². The van der Waals surface area contributed by atoms with Crippen molar-refractivity contribution in [3.8, 4) is 0 Å². The number of carbonyl (C=O) groups excluding carboxylic acids is 2. The molecule has 6 nitrogen and oxygen atoms in total. The van der Waals surface area contributed by atoms with E-state index in [0.29, 0.717) is 12.4 Å². The summed E-state index contributed by atoms with van der Waals surface area (Å²) in [4.78, 5) is 31.7. The van der Waals surface area contributed by atoms with Gasteiger partial charge in [-0.15, -0.1) is 0 Å². The SMILES string of the molecule is Cc1ccc(NC(=O)[C@@H]2CCCN(C(=O)[C@H]3CC34CCOCC4)C2)nc1. The minimum absolute atomic E-state index is 0.0320. The Balaban J connectivity index is 1.34. The van der Waals surface area contributed by atoms with Gasteiger partial charge in [0.25, 0.3) is 0 Å². The minimum atomic E-state index is -0.153.